The zero-order valence-corrected chi connectivity index (χ0v) is 13.5. The van der Waals surface area contributed by atoms with Crippen molar-refractivity contribution in [3.05, 3.63) is 53.1 Å². The third-order valence-corrected chi connectivity index (χ3v) is 4.66. The van der Waals surface area contributed by atoms with Crippen molar-refractivity contribution >= 4 is 5.57 Å². The van der Waals surface area contributed by atoms with Gasteiger partial charge in [0.05, 0.1) is 0 Å². The largest absolute Gasteiger partial charge is 0.295 e. The fraction of sp³-hybridized carbons (Fsp3) is 0.474. The first-order chi connectivity index (χ1) is 9.51. The lowest BCUT2D eigenvalue weighted by Crippen LogP contribution is -2.45. The lowest BCUT2D eigenvalue weighted by Gasteiger charge is -2.41. The van der Waals surface area contributed by atoms with Crippen molar-refractivity contribution in [2.75, 3.05) is 13.1 Å². The summed E-state index contributed by atoms with van der Waals surface area (Å²) in [6, 6.07) is 8.74. The van der Waals surface area contributed by atoms with E-state index in [0.717, 1.165) is 19.5 Å². The average molecular weight is 269 g/mol. The van der Waals surface area contributed by atoms with Crippen LogP contribution in [0.1, 0.15) is 45.2 Å². The molecule has 0 heterocycles. The van der Waals surface area contributed by atoms with Gasteiger partial charge in [-0.05, 0) is 62.6 Å². The molecule has 20 heavy (non-hydrogen) atoms. The molecule has 1 aliphatic carbocycles. The minimum absolute atomic E-state index is 0.140. The van der Waals surface area contributed by atoms with Crippen LogP contribution in [0.15, 0.2) is 42.0 Å². The van der Waals surface area contributed by atoms with E-state index in [4.69, 9.17) is 0 Å². The molecule has 0 fully saturated rings. The highest BCUT2D eigenvalue weighted by Crippen LogP contribution is 2.37. The van der Waals surface area contributed by atoms with Gasteiger partial charge in [-0.2, -0.15) is 0 Å². The van der Waals surface area contributed by atoms with Crippen molar-refractivity contribution in [3.63, 3.8) is 0 Å². The minimum atomic E-state index is 0.140. The van der Waals surface area contributed by atoms with Crippen LogP contribution in [-0.4, -0.2) is 23.5 Å². The van der Waals surface area contributed by atoms with Crippen LogP contribution in [0.5, 0.6) is 0 Å². The van der Waals surface area contributed by atoms with E-state index in [-0.39, 0.29) is 5.54 Å². The van der Waals surface area contributed by atoms with Crippen molar-refractivity contribution < 1.29 is 0 Å². The van der Waals surface area contributed by atoms with Gasteiger partial charge in [-0.3, -0.25) is 4.90 Å². The van der Waals surface area contributed by atoms with Gasteiger partial charge in [-0.25, -0.2) is 0 Å². The van der Waals surface area contributed by atoms with Gasteiger partial charge >= 0.3 is 0 Å². The number of likely N-dealkylation sites (N-methyl/N-ethyl adjacent to an activating group) is 1. The monoisotopic (exact) mass is 269 g/mol. The normalized spacial score (nSPS) is 22.7. The van der Waals surface area contributed by atoms with Crippen LogP contribution in [0.3, 0.4) is 0 Å². The molecule has 0 N–H and O–H groups in total. The Bertz CT molecular complexity index is 534. The third kappa shape index (κ3) is 2.73. The summed E-state index contributed by atoms with van der Waals surface area (Å²) in [4.78, 5) is 2.55. The van der Waals surface area contributed by atoms with Gasteiger partial charge in [0.2, 0.25) is 0 Å². The summed E-state index contributed by atoms with van der Waals surface area (Å²) in [6.07, 6.45) is 5.79. The highest BCUT2D eigenvalue weighted by molar-refractivity contribution is 5.75. The molecule has 0 saturated heterocycles. The molecule has 0 bridgehead atoms. The van der Waals surface area contributed by atoms with Gasteiger partial charge in [0.1, 0.15) is 0 Å². The van der Waals surface area contributed by atoms with E-state index in [9.17, 15) is 0 Å². The molecule has 1 unspecified atom stereocenters. The fourth-order valence-corrected chi connectivity index (χ4v) is 3.34. The average Bonchev–Trinajstić information content (AvgIpc) is 2.44. The fourth-order valence-electron chi connectivity index (χ4n) is 3.34. The van der Waals surface area contributed by atoms with E-state index >= 15 is 0 Å². The van der Waals surface area contributed by atoms with Crippen LogP contribution in [0.4, 0.5) is 0 Å². The molecule has 1 aliphatic rings. The Morgan fingerprint density at radius 3 is 2.35 bits per heavy atom. The van der Waals surface area contributed by atoms with Crippen LogP contribution in [0.25, 0.3) is 5.57 Å². The smallest absolute Gasteiger partial charge is 0.0406 e. The summed E-state index contributed by atoms with van der Waals surface area (Å²) in [5.74, 6) is 0. The topological polar surface area (TPSA) is 3.24 Å². The number of rotatable bonds is 4. The maximum absolute atomic E-state index is 2.55. The molecule has 1 aromatic carbocycles. The maximum Gasteiger partial charge on any atom is 0.0406 e. The van der Waals surface area contributed by atoms with Crippen molar-refractivity contribution in [1.29, 1.82) is 0 Å². The molecule has 0 saturated carbocycles. The molecule has 0 aromatic heterocycles. The molecule has 108 valence electrons. The van der Waals surface area contributed by atoms with Gasteiger partial charge in [-0.15, -0.1) is 0 Å². The van der Waals surface area contributed by atoms with Crippen molar-refractivity contribution in [2.24, 2.45) is 0 Å². The summed E-state index contributed by atoms with van der Waals surface area (Å²) in [5, 5.41) is 0. The molecule has 1 heteroatoms. The third-order valence-electron chi connectivity index (χ3n) is 4.66. The predicted molar refractivity (Wildman–Crippen MR) is 88.9 cm³/mol. The SMILES string of the molecule is CCN(CC)C1(C)C=CC(C)=C(c2ccccc2C)C1. The first-order valence-electron chi connectivity index (χ1n) is 7.72. The van der Waals surface area contributed by atoms with E-state index in [1.54, 1.807) is 0 Å². The maximum atomic E-state index is 2.55. The van der Waals surface area contributed by atoms with Crippen molar-refractivity contribution in [2.45, 2.75) is 46.6 Å². The van der Waals surface area contributed by atoms with Gasteiger partial charge < -0.3 is 0 Å². The predicted octanol–water partition coefficient (Wildman–Crippen LogP) is 4.83. The van der Waals surface area contributed by atoms with Gasteiger partial charge in [0, 0.05) is 5.54 Å². The van der Waals surface area contributed by atoms with Gasteiger partial charge in [-0.1, -0.05) is 50.3 Å². The molecule has 2 rings (SSSR count). The van der Waals surface area contributed by atoms with Gasteiger partial charge in [0.25, 0.3) is 0 Å². The Morgan fingerprint density at radius 1 is 1.10 bits per heavy atom. The summed E-state index contributed by atoms with van der Waals surface area (Å²) in [7, 11) is 0. The first-order valence-corrected chi connectivity index (χ1v) is 7.72. The zero-order chi connectivity index (χ0) is 14.8. The molecule has 0 amide bonds. The molecular formula is C19H27N. The number of hydrogen-bond donors (Lipinski definition) is 0. The summed E-state index contributed by atoms with van der Waals surface area (Å²) >= 11 is 0. The van der Waals surface area contributed by atoms with E-state index in [2.05, 4.69) is 75.9 Å². The lowest BCUT2D eigenvalue weighted by molar-refractivity contribution is 0.166. The second-order valence-electron chi connectivity index (χ2n) is 6.02. The number of benzene rings is 1. The standard InChI is InChI=1S/C19H27N/c1-6-20(7-2)19(5)13-12-16(4)18(14-19)17-11-9-8-10-15(17)3/h8-13H,6-7,14H2,1-5H3. The summed E-state index contributed by atoms with van der Waals surface area (Å²) in [5.41, 5.74) is 5.83. The highest BCUT2D eigenvalue weighted by Gasteiger charge is 2.31. The molecule has 0 aliphatic heterocycles. The van der Waals surface area contributed by atoms with Gasteiger partial charge in [0.15, 0.2) is 0 Å². The molecule has 1 aromatic rings. The van der Waals surface area contributed by atoms with Crippen LogP contribution in [-0.2, 0) is 0 Å². The van der Waals surface area contributed by atoms with Crippen LogP contribution in [0.2, 0.25) is 0 Å². The first kappa shape index (κ1) is 15.1. The van der Waals surface area contributed by atoms with Crippen molar-refractivity contribution in [3.8, 4) is 0 Å². The number of hydrogen-bond acceptors (Lipinski definition) is 1. The molecule has 1 atom stereocenters. The summed E-state index contributed by atoms with van der Waals surface area (Å²) in [6.45, 7) is 13.5. The molecule has 1 nitrogen and oxygen atoms in total. The summed E-state index contributed by atoms with van der Waals surface area (Å²) < 4.78 is 0. The van der Waals surface area contributed by atoms with Crippen molar-refractivity contribution in [1.82, 2.24) is 4.90 Å². The Hall–Kier alpha value is -1.34. The lowest BCUT2D eigenvalue weighted by atomic mass is 9.80. The Morgan fingerprint density at radius 2 is 1.75 bits per heavy atom. The van der Waals surface area contributed by atoms with E-state index in [1.807, 2.05) is 0 Å². The zero-order valence-electron chi connectivity index (χ0n) is 13.5. The highest BCUT2D eigenvalue weighted by atomic mass is 15.2. The minimum Gasteiger partial charge on any atom is -0.295 e. The number of nitrogens with zero attached hydrogens (tertiary/aromatic N) is 1. The van der Waals surface area contributed by atoms with E-state index < -0.39 is 0 Å². The van der Waals surface area contributed by atoms with Crippen LogP contribution in [0, 0.1) is 6.92 Å². The van der Waals surface area contributed by atoms with Crippen LogP contribution >= 0.6 is 0 Å². The second-order valence-corrected chi connectivity index (χ2v) is 6.02. The Kier molecular flexibility index (Phi) is 4.49. The van der Waals surface area contributed by atoms with E-state index in [1.165, 1.54) is 22.3 Å². The quantitative estimate of drug-likeness (QED) is 0.757. The second kappa shape index (κ2) is 5.97. The molecular weight excluding hydrogens is 242 g/mol. The Balaban J connectivity index is 2.40. The molecule has 0 radical (unpaired) electrons. The van der Waals surface area contributed by atoms with E-state index in [0.29, 0.717) is 0 Å². The molecule has 0 spiro atoms. The Labute approximate surface area is 124 Å². The number of aryl methyl sites for hydroxylation is 1. The number of allylic oxidation sites excluding steroid dienone is 2. The van der Waals surface area contributed by atoms with Crippen LogP contribution < -0.4 is 0 Å².